The third kappa shape index (κ3) is 2400. The zero-order valence-electron chi connectivity index (χ0n) is 17.1. The van der Waals surface area contributed by atoms with Crippen LogP contribution in [0.25, 0.3) is 0 Å². The van der Waals surface area contributed by atoms with E-state index in [9.17, 15) is 4.79 Å². The van der Waals surface area contributed by atoms with E-state index < -0.39 is 5.60 Å². The molecule has 0 rings (SSSR count). The lowest BCUT2D eigenvalue weighted by atomic mass is 10.2. The van der Waals surface area contributed by atoms with Crippen molar-refractivity contribution in [1.82, 2.24) is 0 Å². The van der Waals surface area contributed by atoms with Gasteiger partial charge in [0.1, 0.15) is 5.78 Å². The maximum absolute atomic E-state index is 9.44. The molecule has 0 unspecified atom stereocenters. The van der Waals surface area contributed by atoms with Crippen LogP contribution in [0.15, 0.2) is 0 Å². The maximum atomic E-state index is 9.44. The van der Waals surface area contributed by atoms with Crippen LogP contribution in [0.3, 0.4) is 0 Å². The number of carbonyl (C=O) groups is 1. The molecule has 21 heavy (non-hydrogen) atoms. The van der Waals surface area contributed by atoms with Crippen molar-refractivity contribution in [2.45, 2.75) is 101 Å². The molecule has 0 aromatic carbocycles. The molecule has 0 aliphatic rings. The molecule has 3 nitrogen and oxygen atoms in total. The average Bonchev–Trinajstić information content (AvgIpc) is 2.14. The van der Waals surface area contributed by atoms with Crippen molar-refractivity contribution < 1.29 is 14.6 Å². The van der Waals surface area contributed by atoms with Crippen molar-refractivity contribution in [1.29, 1.82) is 0 Å². The van der Waals surface area contributed by atoms with Crippen LogP contribution in [0.5, 0.6) is 0 Å². The van der Waals surface area contributed by atoms with Crippen LogP contribution >= 0.6 is 0 Å². The summed E-state index contributed by atoms with van der Waals surface area (Å²) in [5.41, 5.74) is -0.500. The van der Waals surface area contributed by atoms with Gasteiger partial charge in [0.15, 0.2) is 0 Å². The standard InChI is InChI=1S/2C4H10O.C4H10.C3H6O.C3H8/c1-4(2)5-3;1-4(2,3)5;1-4(2)3;1-3(2)4;1-3-2/h4H,1-3H3;5H,1-3H3;4H,1-3H3;1-2H3;3H2,1-2H3. The summed E-state index contributed by atoms with van der Waals surface area (Å²) in [7, 11) is 1.70. The molecule has 0 aromatic rings. The lowest BCUT2D eigenvalue weighted by Gasteiger charge is -2.04. The Kier molecular flexibility index (Phi) is 38.1. The third-order valence-corrected chi connectivity index (χ3v) is 0.471. The summed E-state index contributed by atoms with van der Waals surface area (Å²) in [6.45, 7) is 23.0. The zero-order valence-corrected chi connectivity index (χ0v) is 17.1. The molecule has 0 radical (unpaired) electrons. The van der Waals surface area contributed by atoms with E-state index in [1.54, 1.807) is 27.9 Å². The van der Waals surface area contributed by atoms with Crippen LogP contribution in [0.2, 0.25) is 0 Å². The van der Waals surface area contributed by atoms with Crippen molar-refractivity contribution in [2.24, 2.45) is 5.92 Å². The van der Waals surface area contributed by atoms with E-state index in [0.29, 0.717) is 6.10 Å². The lowest BCUT2D eigenvalue weighted by molar-refractivity contribution is -0.115. The van der Waals surface area contributed by atoms with E-state index in [1.165, 1.54) is 20.3 Å². The second-order valence-electron chi connectivity index (χ2n) is 6.80. The summed E-state index contributed by atoms with van der Waals surface area (Å²) < 4.78 is 4.75. The van der Waals surface area contributed by atoms with Gasteiger partial charge in [0.25, 0.3) is 0 Å². The highest BCUT2D eigenvalue weighted by Gasteiger charge is 1.97. The molecular formula is C18H44O3. The molecule has 0 spiro atoms. The minimum Gasteiger partial charge on any atom is -0.391 e. The van der Waals surface area contributed by atoms with Gasteiger partial charge in [-0.1, -0.05) is 41.0 Å². The van der Waals surface area contributed by atoms with Gasteiger partial charge in [-0.3, -0.25) is 0 Å². The van der Waals surface area contributed by atoms with Gasteiger partial charge in [-0.25, -0.2) is 0 Å². The number of hydrogen-bond donors (Lipinski definition) is 1. The number of hydrogen-bond acceptors (Lipinski definition) is 3. The maximum Gasteiger partial charge on any atom is 0.126 e. The Bertz CT molecular complexity index is 155. The van der Waals surface area contributed by atoms with E-state index in [1.807, 2.05) is 13.8 Å². The van der Waals surface area contributed by atoms with Crippen LogP contribution < -0.4 is 0 Å². The molecule has 0 amide bonds. The monoisotopic (exact) mass is 308 g/mol. The Morgan fingerprint density at radius 3 is 1.05 bits per heavy atom. The Balaban J connectivity index is -0.0000000514. The normalized spacial score (nSPS) is 8.95. The minimum absolute atomic E-state index is 0.167. The van der Waals surface area contributed by atoms with Gasteiger partial charge >= 0.3 is 0 Å². The topological polar surface area (TPSA) is 46.5 Å². The Hall–Kier alpha value is -0.410. The number of aliphatic hydroxyl groups is 1. The van der Waals surface area contributed by atoms with Gasteiger partial charge in [0, 0.05) is 7.11 Å². The summed E-state index contributed by atoms with van der Waals surface area (Å²) in [6, 6.07) is 0. The van der Waals surface area contributed by atoms with Gasteiger partial charge in [-0.05, 0) is 54.4 Å². The molecule has 134 valence electrons. The van der Waals surface area contributed by atoms with Crippen LogP contribution in [-0.2, 0) is 9.53 Å². The van der Waals surface area contributed by atoms with Crippen LogP contribution in [-0.4, -0.2) is 29.7 Å². The van der Waals surface area contributed by atoms with E-state index in [2.05, 4.69) is 34.6 Å². The molecule has 0 aliphatic carbocycles. The minimum atomic E-state index is -0.500. The van der Waals surface area contributed by atoms with Crippen molar-refractivity contribution in [3.63, 3.8) is 0 Å². The summed E-state index contributed by atoms with van der Waals surface area (Å²) in [5, 5.41) is 8.52. The number of carbonyl (C=O) groups excluding carboxylic acids is 1. The van der Waals surface area contributed by atoms with E-state index in [4.69, 9.17) is 9.84 Å². The van der Waals surface area contributed by atoms with E-state index >= 15 is 0 Å². The summed E-state index contributed by atoms with van der Waals surface area (Å²) >= 11 is 0. The second-order valence-corrected chi connectivity index (χ2v) is 6.80. The van der Waals surface area contributed by atoms with Crippen molar-refractivity contribution in [2.75, 3.05) is 7.11 Å². The van der Waals surface area contributed by atoms with Crippen molar-refractivity contribution in [3.8, 4) is 0 Å². The molecule has 0 bridgehead atoms. The fourth-order valence-electron chi connectivity index (χ4n) is 0. The first-order valence-electron chi connectivity index (χ1n) is 7.87. The largest absolute Gasteiger partial charge is 0.391 e. The highest BCUT2D eigenvalue weighted by molar-refractivity contribution is 5.72. The summed E-state index contributed by atoms with van der Waals surface area (Å²) in [5.74, 6) is 1.00. The number of methoxy groups -OCH3 is 1. The number of ether oxygens (including phenoxy) is 1. The highest BCUT2D eigenvalue weighted by Crippen LogP contribution is 1.93. The quantitative estimate of drug-likeness (QED) is 0.696. The van der Waals surface area contributed by atoms with Crippen LogP contribution in [0.4, 0.5) is 0 Å². The first-order chi connectivity index (χ1) is 9.15. The first kappa shape index (κ1) is 32.5. The van der Waals surface area contributed by atoms with Crippen molar-refractivity contribution >= 4 is 5.78 Å². The number of ketones is 1. The Labute approximate surface area is 135 Å². The van der Waals surface area contributed by atoms with Crippen LogP contribution in [0, 0.1) is 5.92 Å². The second kappa shape index (κ2) is 24.6. The third-order valence-electron chi connectivity index (χ3n) is 0.471. The smallest absolute Gasteiger partial charge is 0.126 e. The molecule has 1 N–H and O–H groups in total. The molecule has 0 fully saturated rings. The zero-order chi connectivity index (χ0) is 18.6. The lowest BCUT2D eigenvalue weighted by Crippen LogP contribution is -2.10. The SMILES string of the molecule is CC(C)(C)O.CC(C)=O.CC(C)C.CCC.COC(C)C. The van der Waals surface area contributed by atoms with E-state index in [-0.39, 0.29) is 5.78 Å². The molecule has 0 aliphatic heterocycles. The summed E-state index contributed by atoms with van der Waals surface area (Å²) in [6.07, 6.45) is 1.63. The Morgan fingerprint density at radius 2 is 1.05 bits per heavy atom. The predicted octanol–water partition coefficient (Wildman–Crippen LogP) is 5.49. The molecule has 0 atom stereocenters. The van der Waals surface area contributed by atoms with E-state index in [0.717, 1.165) is 5.92 Å². The van der Waals surface area contributed by atoms with Gasteiger partial charge < -0.3 is 14.6 Å². The predicted molar refractivity (Wildman–Crippen MR) is 96.9 cm³/mol. The molecule has 0 saturated carbocycles. The molecular weight excluding hydrogens is 264 g/mol. The molecule has 0 aromatic heterocycles. The van der Waals surface area contributed by atoms with Crippen LogP contribution in [0.1, 0.15) is 89.5 Å². The van der Waals surface area contributed by atoms with Gasteiger partial charge in [-0.15, -0.1) is 0 Å². The Morgan fingerprint density at radius 1 is 1.00 bits per heavy atom. The number of Topliss-reactive ketones (excluding diaryl/α,β-unsaturated/α-hetero) is 1. The molecule has 3 heteroatoms. The fraction of sp³-hybridized carbons (Fsp3) is 0.944. The van der Waals surface area contributed by atoms with Gasteiger partial charge in [-0.2, -0.15) is 0 Å². The number of rotatable bonds is 1. The first-order valence-corrected chi connectivity index (χ1v) is 7.87. The average molecular weight is 309 g/mol. The van der Waals surface area contributed by atoms with Crippen molar-refractivity contribution in [3.05, 3.63) is 0 Å². The fourth-order valence-corrected chi connectivity index (χ4v) is 0. The molecule has 0 heterocycles. The summed E-state index contributed by atoms with van der Waals surface area (Å²) in [4.78, 5) is 9.44. The molecule has 0 saturated heterocycles. The highest BCUT2D eigenvalue weighted by atomic mass is 16.5. The van der Waals surface area contributed by atoms with Gasteiger partial charge in [0.2, 0.25) is 0 Å². The van der Waals surface area contributed by atoms with Gasteiger partial charge in [0.05, 0.1) is 11.7 Å².